The summed E-state index contributed by atoms with van der Waals surface area (Å²) in [6, 6.07) is 51.3. The Morgan fingerprint density at radius 2 is 0.826 bits per heavy atom. The van der Waals surface area contributed by atoms with E-state index < -0.39 is 7.26 Å². The minimum atomic E-state index is -2.17. The van der Waals surface area contributed by atoms with Gasteiger partial charge in [-0.1, -0.05) is 115 Å². The maximum Gasteiger partial charge on any atom is 2.00 e. The van der Waals surface area contributed by atoms with Crippen molar-refractivity contribution >= 4 is 70.2 Å². The van der Waals surface area contributed by atoms with Crippen LogP contribution in [-0.4, -0.2) is 35.1 Å². The summed E-state index contributed by atoms with van der Waals surface area (Å²) in [5.41, 5.74) is 2.67. The second-order valence-corrected chi connectivity index (χ2v) is 14.1. The maximum absolute atomic E-state index is 5.81. The van der Waals surface area contributed by atoms with Gasteiger partial charge in [0.05, 0.1) is 0 Å². The normalized spacial score (nSPS) is 12.6. The van der Waals surface area contributed by atoms with Crippen LogP contribution in [0.15, 0.2) is 172 Å². The van der Waals surface area contributed by atoms with Gasteiger partial charge in [-0.05, 0) is 41.6 Å². The first-order valence-electron chi connectivity index (χ1n) is 14.3. The van der Waals surface area contributed by atoms with Crippen LogP contribution in [0.4, 0.5) is 0 Å². The summed E-state index contributed by atoms with van der Waals surface area (Å²) >= 11 is 11.1. The van der Waals surface area contributed by atoms with Crippen LogP contribution in [0.5, 0.6) is 0 Å². The molecular formula is C36H32CuN6PS2+. The van der Waals surface area contributed by atoms with Crippen molar-refractivity contribution in [2.24, 2.45) is 20.4 Å². The third-order valence-electron chi connectivity index (χ3n) is 7.07. The number of rotatable bonds is 10. The molecule has 0 heterocycles. The van der Waals surface area contributed by atoms with Crippen LogP contribution in [0.25, 0.3) is 0 Å². The zero-order chi connectivity index (χ0) is 31.3. The van der Waals surface area contributed by atoms with Crippen molar-refractivity contribution in [3.05, 3.63) is 163 Å². The molecule has 0 amide bonds. The number of hydrogen-bond acceptors (Lipinski definition) is 6. The fourth-order valence-corrected chi connectivity index (χ4v) is 9.04. The van der Waals surface area contributed by atoms with E-state index >= 15 is 0 Å². The van der Waals surface area contributed by atoms with E-state index in [1.54, 1.807) is 7.05 Å². The van der Waals surface area contributed by atoms with Gasteiger partial charge in [0.1, 0.15) is 40.9 Å². The molecule has 0 atom stereocenters. The molecule has 6 nitrogen and oxygen atoms in total. The molecule has 0 aliphatic heterocycles. The Labute approximate surface area is 292 Å². The Kier molecular flexibility index (Phi) is 13.1. The number of nitrogens with zero attached hydrogens (tertiary/aromatic N) is 4. The first-order valence-corrected chi connectivity index (χ1v) is 17.1. The van der Waals surface area contributed by atoms with Crippen LogP contribution in [0.2, 0.25) is 0 Å². The molecule has 0 fully saturated rings. The molecule has 10 heteroatoms. The molecule has 2 N–H and O–H groups in total. The average molecular weight is 707 g/mol. The summed E-state index contributed by atoms with van der Waals surface area (Å²) < 4.78 is 0. The van der Waals surface area contributed by atoms with Crippen molar-refractivity contribution in [2.45, 2.75) is 0 Å². The zero-order valence-corrected chi connectivity index (χ0v) is 28.5. The smallest absolute Gasteiger partial charge is 0.741 e. The van der Waals surface area contributed by atoms with Gasteiger partial charge in [-0.2, -0.15) is 10.2 Å². The van der Waals surface area contributed by atoms with E-state index in [9.17, 15) is 0 Å². The van der Waals surface area contributed by atoms with Gasteiger partial charge in [-0.25, -0.2) is 0 Å². The topological polar surface area (TPSA) is 73.5 Å². The zero-order valence-electron chi connectivity index (χ0n) is 25.0. The predicted octanol–water partition coefficient (Wildman–Crippen LogP) is 5.36. The first-order chi connectivity index (χ1) is 22.1. The van der Waals surface area contributed by atoms with Gasteiger partial charge in [-0.15, -0.1) is 10.2 Å². The maximum atomic E-state index is 5.81. The van der Waals surface area contributed by atoms with Crippen LogP contribution >= 0.6 is 7.26 Å². The van der Waals surface area contributed by atoms with E-state index in [-0.39, 0.29) is 27.4 Å². The summed E-state index contributed by atoms with van der Waals surface area (Å²) in [4.78, 5) is 0. The molecule has 1 radical (unpaired) electrons. The van der Waals surface area contributed by atoms with E-state index in [1.807, 2.05) is 78.9 Å². The minimum absolute atomic E-state index is 0. The summed E-state index contributed by atoms with van der Waals surface area (Å²) in [7, 11) is -0.465. The molecule has 0 unspecified atom stereocenters. The van der Waals surface area contributed by atoms with Crippen molar-refractivity contribution in [1.29, 1.82) is 0 Å². The molecule has 5 aromatic rings. The molecule has 0 saturated heterocycles. The number of nitrogens with one attached hydrogen (secondary N) is 2. The quantitative estimate of drug-likeness (QED) is 0.0513. The monoisotopic (exact) mass is 706 g/mol. The summed E-state index contributed by atoms with van der Waals surface area (Å²) in [5.74, 6) is 0. The van der Waals surface area contributed by atoms with E-state index in [0.29, 0.717) is 17.7 Å². The molecule has 0 aliphatic rings. The standard InChI is InChI=1S/C36H33N6PS2.Cu/c1-37-35(44)41-39-33(28-17-7-2-8-18-28)34(29-19-9-3-10-20-29)40-42-36(45)38-27-43(30-21-11-4-12-22-30,31-23-13-5-14-24-31)32-25-15-6-16-26-32;/h2-26H,27H2,1H3,(H3-,37,38,39,40,41,42,44,45);/q;+2/p-1. The Hall–Kier alpha value is -4.23. The second-order valence-electron chi connectivity index (χ2n) is 9.84. The minimum Gasteiger partial charge on any atom is -0.741 e. The summed E-state index contributed by atoms with van der Waals surface area (Å²) in [5, 5.41) is 28.5. The van der Waals surface area contributed by atoms with Crippen molar-refractivity contribution in [3.8, 4) is 0 Å². The van der Waals surface area contributed by atoms with Gasteiger partial charge in [0.2, 0.25) is 0 Å². The molecule has 0 aromatic heterocycles. The van der Waals surface area contributed by atoms with Crippen LogP contribution in [-0.2, 0) is 42.3 Å². The van der Waals surface area contributed by atoms with E-state index in [1.165, 1.54) is 15.9 Å². The van der Waals surface area contributed by atoms with Crippen molar-refractivity contribution < 1.29 is 17.1 Å². The first kappa shape index (κ1) is 34.6. The second kappa shape index (κ2) is 17.5. The summed E-state index contributed by atoms with van der Waals surface area (Å²) in [6.07, 6.45) is 0.564. The van der Waals surface area contributed by atoms with Crippen molar-refractivity contribution in [2.75, 3.05) is 13.3 Å². The van der Waals surface area contributed by atoms with Crippen LogP contribution in [0.1, 0.15) is 11.1 Å². The molecular weight excluding hydrogens is 675 g/mol. The Bertz CT molecular complexity index is 1690. The van der Waals surface area contributed by atoms with Crippen LogP contribution < -0.4 is 26.5 Å². The Morgan fingerprint density at radius 3 is 1.17 bits per heavy atom. The third kappa shape index (κ3) is 8.52. The summed E-state index contributed by atoms with van der Waals surface area (Å²) in [6.45, 7) is 0. The van der Waals surface area contributed by atoms with Gasteiger partial charge in [-0.3, -0.25) is 0 Å². The molecule has 5 rings (SSSR count). The fourth-order valence-electron chi connectivity index (χ4n) is 4.91. The number of benzene rings is 5. The molecule has 0 saturated carbocycles. The fraction of sp³-hybridized carbons (Fsp3) is 0.0556. The molecule has 5 aromatic carbocycles. The van der Waals surface area contributed by atoms with Gasteiger partial charge in [0.25, 0.3) is 0 Å². The Morgan fingerprint density at radius 1 is 0.500 bits per heavy atom. The molecule has 0 bridgehead atoms. The largest absolute Gasteiger partial charge is 2.00 e. The molecule has 0 spiro atoms. The van der Waals surface area contributed by atoms with Crippen LogP contribution in [0, 0.1) is 0 Å². The third-order valence-corrected chi connectivity index (χ3v) is 11.8. The van der Waals surface area contributed by atoms with Gasteiger partial charge in [0.15, 0.2) is 0 Å². The number of hydrogen-bond donors (Lipinski definition) is 2. The van der Waals surface area contributed by atoms with E-state index in [4.69, 9.17) is 25.3 Å². The van der Waals surface area contributed by atoms with Crippen LogP contribution in [0.3, 0.4) is 0 Å². The number of amidine groups is 2. The van der Waals surface area contributed by atoms with Crippen molar-refractivity contribution in [3.63, 3.8) is 0 Å². The van der Waals surface area contributed by atoms with Gasteiger partial charge >= 0.3 is 17.1 Å². The SMILES string of the molecule is CN/C([S-])=N/N=C(/C(=N/N=C(\[S-])NC[P+](c1ccccc1)(c1ccccc1)c1ccccc1)c1ccccc1)c1ccccc1.[Cu+2]. The van der Waals surface area contributed by atoms with Gasteiger partial charge in [0, 0.05) is 23.3 Å². The van der Waals surface area contributed by atoms with E-state index in [2.05, 4.69) is 104 Å². The van der Waals surface area contributed by atoms with Gasteiger partial charge < -0.3 is 35.9 Å². The molecule has 233 valence electrons. The van der Waals surface area contributed by atoms with Crippen molar-refractivity contribution in [1.82, 2.24) is 10.6 Å². The Balaban J connectivity index is 0.00000480. The van der Waals surface area contributed by atoms with E-state index in [0.717, 1.165) is 11.1 Å². The average Bonchev–Trinajstić information content (AvgIpc) is 3.12. The molecule has 46 heavy (non-hydrogen) atoms. The predicted molar refractivity (Wildman–Crippen MR) is 198 cm³/mol. The molecule has 0 aliphatic carbocycles.